The summed E-state index contributed by atoms with van der Waals surface area (Å²) in [5.74, 6) is 0. The van der Waals surface area contributed by atoms with Gasteiger partial charge in [-0.15, -0.1) is 0 Å². The van der Waals surface area contributed by atoms with Crippen LogP contribution in [0.25, 0.3) is 0 Å². The number of hydrogen-bond acceptors (Lipinski definition) is 4. The third kappa shape index (κ3) is 3.71. The molecule has 1 aromatic rings. The Balaban J connectivity index is 2.09. The van der Waals surface area contributed by atoms with Gasteiger partial charge in [0, 0.05) is 18.8 Å². The van der Waals surface area contributed by atoms with Crippen molar-refractivity contribution in [1.29, 1.82) is 0 Å². The normalized spacial score (nSPS) is 22.9. The van der Waals surface area contributed by atoms with Crippen LogP contribution in [0, 0.1) is 0 Å². The molecule has 1 heterocycles. The van der Waals surface area contributed by atoms with Gasteiger partial charge in [-0.25, -0.2) is 13.1 Å². The number of rotatable bonds is 6. The minimum Gasteiger partial charge on any atom is -0.385 e. The van der Waals surface area contributed by atoms with Crippen molar-refractivity contribution in [3.8, 4) is 0 Å². The van der Waals surface area contributed by atoms with E-state index in [9.17, 15) is 8.42 Å². The summed E-state index contributed by atoms with van der Waals surface area (Å²) in [5, 5.41) is 3.22. The van der Waals surface area contributed by atoms with Gasteiger partial charge < -0.3 is 10.1 Å². The maximum atomic E-state index is 12.3. The van der Waals surface area contributed by atoms with Gasteiger partial charge in [-0.2, -0.15) is 0 Å². The van der Waals surface area contributed by atoms with Crippen molar-refractivity contribution in [2.75, 3.05) is 25.1 Å². The molecule has 6 heteroatoms. The molecular formula is C14H22N2O3S. The molecule has 1 fully saturated rings. The second-order valence-corrected chi connectivity index (χ2v) is 7.10. The SMILES string of the molecule is CCCNc1ccc(S(=O)(=O)NC2(C)CCOC2)cc1. The van der Waals surface area contributed by atoms with Crippen LogP contribution in [-0.2, 0) is 14.8 Å². The Labute approximate surface area is 120 Å². The molecule has 0 aromatic heterocycles. The molecule has 1 aliphatic heterocycles. The number of benzene rings is 1. The Bertz CT molecular complexity index is 534. The van der Waals surface area contributed by atoms with Crippen LogP contribution >= 0.6 is 0 Å². The highest BCUT2D eigenvalue weighted by Crippen LogP contribution is 2.22. The molecule has 0 aliphatic carbocycles. The summed E-state index contributed by atoms with van der Waals surface area (Å²) in [5.41, 5.74) is 0.430. The number of ether oxygens (including phenoxy) is 1. The standard InChI is InChI=1S/C14H22N2O3S/c1-3-9-15-12-4-6-13(7-5-12)20(17,18)16-14(2)8-10-19-11-14/h4-7,15-16H,3,8-11H2,1-2H3. The first-order valence-electron chi connectivity index (χ1n) is 6.91. The van der Waals surface area contributed by atoms with E-state index < -0.39 is 15.6 Å². The van der Waals surface area contributed by atoms with Crippen LogP contribution in [0.1, 0.15) is 26.7 Å². The third-order valence-corrected chi connectivity index (χ3v) is 5.00. The van der Waals surface area contributed by atoms with E-state index in [2.05, 4.69) is 17.0 Å². The molecule has 0 spiro atoms. The lowest BCUT2D eigenvalue weighted by Gasteiger charge is -2.23. The van der Waals surface area contributed by atoms with E-state index >= 15 is 0 Å². The summed E-state index contributed by atoms with van der Waals surface area (Å²) in [6.07, 6.45) is 1.72. The van der Waals surface area contributed by atoms with Gasteiger partial charge in [0.2, 0.25) is 10.0 Å². The molecule has 0 amide bonds. The van der Waals surface area contributed by atoms with Crippen molar-refractivity contribution in [2.24, 2.45) is 0 Å². The lowest BCUT2D eigenvalue weighted by Crippen LogP contribution is -2.46. The van der Waals surface area contributed by atoms with Gasteiger partial charge in [0.25, 0.3) is 0 Å². The molecule has 2 N–H and O–H groups in total. The summed E-state index contributed by atoms with van der Waals surface area (Å²) in [6.45, 7) is 5.84. The minimum absolute atomic E-state index is 0.285. The van der Waals surface area contributed by atoms with Crippen LogP contribution in [-0.4, -0.2) is 33.7 Å². The Kier molecular flexibility index (Phi) is 4.67. The average Bonchev–Trinajstić information content (AvgIpc) is 2.82. The fourth-order valence-corrected chi connectivity index (χ4v) is 3.57. The summed E-state index contributed by atoms with van der Waals surface area (Å²) < 4.78 is 32.7. The van der Waals surface area contributed by atoms with E-state index in [1.165, 1.54) is 0 Å². The smallest absolute Gasteiger partial charge is 0.241 e. The van der Waals surface area contributed by atoms with Gasteiger partial charge >= 0.3 is 0 Å². The van der Waals surface area contributed by atoms with E-state index in [1.54, 1.807) is 24.3 Å². The summed E-state index contributed by atoms with van der Waals surface area (Å²) >= 11 is 0. The second-order valence-electron chi connectivity index (χ2n) is 5.42. The molecule has 1 aromatic carbocycles. The van der Waals surface area contributed by atoms with Crippen molar-refractivity contribution in [2.45, 2.75) is 37.1 Å². The van der Waals surface area contributed by atoms with Crippen molar-refractivity contribution >= 4 is 15.7 Å². The molecule has 112 valence electrons. The molecule has 20 heavy (non-hydrogen) atoms. The van der Waals surface area contributed by atoms with Gasteiger partial charge in [-0.05, 0) is 44.0 Å². The van der Waals surface area contributed by atoms with Gasteiger partial charge in [0.15, 0.2) is 0 Å². The van der Waals surface area contributed by atoms with Crippen molar-refractivity contribution in [3.63, 3.8) is 0 Å². The highest BCUT2D eigenvalue weighted by Gasteiger charge is 2.34. The zero-order valence-corrected chi connectivity index (χ0v) is 12.8. The molecule has 0 bridgehead atoms. The van der Waals surface area contributed by atoms with E-state index in [0.29, 0.717) is 19.6 Å². The maximum absolute atomic E-state index is 12.3. The van der Waals surface area contributed by atoms with Gasteiger partial charge in [0.05, 0.1) is 17.0 Å². The molecule has 1 aliphatic rings. The molecule has 0 radical (unpaired) electrons. The van der Waals surface area contributed by atoms with Crippen LogP contribution in [0.2, 0.25) is 0 Å². The van der Waals surface area contributed by atoms with E-state index in [1.807, 2.05) is 6.92 Å². The molecule has 0 saturated carbocycles. The first-order chi connectivity index (χ1) is 9.45. The first kappa shape index (κ1) is 15.3. The number of hydrogen-bond donors (Lipinski definition) is 2. The van der Waals surface area contributed by atoms with Crippen LogP contribution in [0.3, 0.4) is 0 Å². The van der Waals surface area contributed by atoms with Crippen LogP contribution < -0.4 is 10.0 Å². The minimum atomic E-state index is -3.50. The molecule has 2 rings (SSSR count). The van der Waals surface area contributed by atoms with Crippen molar-refractivity contribution in [1.82, 2.24) is 4.72 Å². The van der Waals surface area contributed by atoms with Gasteiger partial charge in [0.1, 0.15) is 0 Å². The largest absolute Gasteiger partial charge is 0.385 e. The molecule has 1 saturated heterocycles. The van der Waals surface area contributed by atoms with E-state index in [-0.39, 0.29) is 4.90 Å². The Hall–Kier alpha value is -1.11. The zero-order chi connectivity index (χ0) is 14.6. The topological polar surface area (TPSA) is 67.4 Å². The van der Waals surface area contributed by atoms with Gasteiger partial charge in [-0.3, -0.25) is 0 Å². The Morgan fingerprint density at radius 1 is 1.30 bits per heavy atom. The van der Waals surface area contributed by atoms with Crippen LogP contribution in [0.5, 0.6) is 0 Å². The summed E-state index contributed by atoms with van der Waals surface area (Å²) in [4.78, 5) is 0.285. The third-order valence-electron chi connectivity index (χ3n) is 3.34. The molecule has 5 nitrogen and oxygen atoms in total. The zero-order valence-electron chi connectivity index (χ0n) is 12.0. The lowest BCUT2D eigenvalue weighted by molar-refractivity contribution is 0.178. The predicted octanol–water partition coefficient (Wildman–Crippen LogP) is 1.97. The highest BCUT2D eigenvalue weighted by molar-refractivity contribution is 7.89. The fraction of sp³-hybridized carbons (Fsp3) is 0.571. The first-order valence-corrected chi connectivity index (χ1v) is 8.39. The average molecular weight is 298 g/mol. The number of anilines is 1. The second kappa shape index (κ2) is 6.11. The molecular weight excluding hydrogens is 276 g/mol. The fourth-order valence-electron chi connectivity index (χ4n) is 2.15. The van der Waals surface area contributed by atoms with E-state index in [0.717, 1.165) is 18.7 Å². The van der Waals surface area contributed by atoms with Crippen molar-refractivity contribution < 1.29 is 13.2 Å². The lowest BCUT2D eigenvalue weighted by atomic mass is 10.0. The molecule has 1 atom stereocenters. The Morgan fingerprint density at radius 3 is 2.55 bits per heavy atom. The predicted molar refractivity (Wildman–Crippen MR) is 79.4 cm³/mol. The number of nitrogens with one attached hydrogen (secondary N) is 2. The highest BCUT2D eigenvalue weighted by atomic mass is 32.2. The van der Waals surface area contributed by atoms with E-state index in [4.69, 9.17) is 4.74 Å². The van der Waals surface area contributed by atoms with Crippen molar-refractivity contribution in [3.05, 3.63) is 24.3 Å². The van der Waals surface area contributed by atoms with Crippen LogP contribution in [0.4, 0.5) is 5.69 Å². The quantitative estimate of drug-likeness (QED) is 0.842. The summed E-state index contributed by atoms with van der Waals surface area (Å²) in [6, 6.07) is 6.83. The maximum Gasteiger partial charge on any atom is 0.241 e. The molecule has 1 unspecified atom stereocenters. The monoisotopic (exact) mass is 298 g/mol. The Morgan fingerprint density at radius 2 is 2.00 bits per heavy atom. The summed E-state index contributed by atoms with van der Waals surface area (Å²) in [7, 11) is -3.50. The van der Waals surface area contributed by atoms with Gasteiger partial charge in [-0.1, -0.05) is 6.92 Å². The van der Waals surface area contributed by atoms with Crippen LogP contribution in [0.15, 0.2) is 29.2 Å². The number of sulfonamides is 1.